The minimum Gasteiger partial charge on any atom is -0.339 e. The van der Waals surface area contributed by atoms with Gasteiger partial charge in [-0.1, -0.05) is 6.07 Å². The monoisotopic (exact) mass is 430 g/mol. The number of hydrogen-bond donors (Lipinski definition) is 1. The van der Waals surface area contributed by atoms with Crippen LogP contribution < -0.4 is 5.32 Å². The third-order valence-electron chi connectivity index (χ3n) is 6.16. The van der Waals surface area contributed by atoms with Crippen LogP contribution in [-0.4, -0.2) is 43.6 Å². The number of anilines is 2. The molecule has 4 rings (SSSR count). The molecule has 0 atom stereocenters. The van der Waals surface area contributed by atoms with Crippen LogP contribution in [0.4, 0.5) is 11.6 Å². The average Bonchev–Trinajstić information content (AvgIpc) is 3.03. The molecule has 0 spiro atoms. The number of piperidine rings is 1. The van der Waals surface area contributed by atoms with Crippen LogP contribution in [-0.2, 0) is 11.8 Å². The molecule has 0 unspecified atom stereocenters. The van der Waals surface area contributed by atoms with Gasteiger partial charge in [0.05, 0.1) is 5.69 Å². The Hall–Kier alpha value is -3.48. The van der Waals surface area contributed by atoms with Gasteiger partial charge in [-0.3, -0.25) is 9.48 Å². The van der Waals surface area contributed by atoms with Crippen molar-refractivity contribution in [3.63, 3.8) is 0 Å². The zero-order chi connectivity index (χ0) is 22.7. The lowest BCUT2D eigenvalue weighted by atomic mass is 9.90. The van der Waals surface area contributed by atoms with Gasteiger partial charge in [-0.2, -0.15) is 5.10 Å². The van der Waals surface area contributed by atoms with Gasteiger partial charge in [0.2, 0.25) is 5.91 Å². The molecule has 1 N–H and O–H groups in total. The van der Waals surface area contributed by atoms with Crippen molar-refractivity contribution in [3.05, 3.63) is 70.8 Å². The highest BCUT2D eigenvalue weighted by atomic mass is 16.2. The fourth-order valence-corrected chi connectivity index (χ4v) is 4.24. The molecule has 1 aliphatic heterocycles. The van der Waals surface area contributed by atoms with Gasteiger partial charge in [0, 0.05) is 49.4 Å². The second kappa shape index (κ2) is 9.34. The van der Waals surface area contributed by atoms with E-state index in [4.69, 9.17) is 0 Å². The van der Waals surface area contributed by atoms with E-state index in [1.165, 1.54) is 5.56 Å². The first-order valence-corrected chi connectivity index (χ1v) is 11.0. The number of nitrogens with zero attached hydrogens (tertiary/aromatic N) is 5. The van der Waals surface area contributed by atoms with Gasteiger partial charge in [0.25, 0.3) is 0 Å². The fraction of sp³-hybridized carbons (Fsp3) is 0.360. The third kappa shape index (κ3) is 4.88. The van der Waals surface area contributed by atoms with Crippen molar-refractivity contribution in [2.24, 2.45) is 7.05 Å². The van der Waals surface area contributed by atoms with E-state index in [1.807, 2.05) is 67.9 Å². The first kappa shape index (κ1) is 21.7. The van der Waals surface area contributed by atoms with Gasteiger partial charge in [-0.15, -0.1) is 0 Å². The predicted molar refractivity (Wildman–Crippen MR) is 127 cm³/mol. The summed E-state index contributed by atoms with van der Waals surface area (Å²) in [6.07, 6.45) is 7.30. The zero-order valence-corrected chi connectivity index (χ0v) is 19.2. The summed E-state index contributed by atoms with van der Waals surface area (Å²) in [5, 5.41) is 7.70. The van der Waals surface area contributed by atoms with Gasteiger partial charge in [0.15, 0.2) is 0 Å². The zero-order valence-electron chi connectivity index (χ0n) is 19.2. The maximum atomic E-state index is 12.7. The average molecular weight is 431 g/mol. The van der Waals surface area contributed by atoms with E-state index in [0.29, 0.717) is 5.92 Å². The van der Waals surface area contributed by atoms with Crippen molar-refractivity contribution in [2.45, 2.75) is 39.5 Å². The molecule has 0 bridgehead atoms. The Morgan fingerprint density at radius 3 is 2.59 bits per heavy atom. The van der Waals surface area contributed by atoms with E-state index in [-0.39, 0.29) is 5.91 Å². The van der Waals surface area contributed by atoms with Crippen LogP contribution in [0, 0.1) is 20.8 Å². The lowest BCUT2D eigenvalue weighted by molar-refractivity contribution is -0.126. The van der Waals surface area contributed by atoms with Crippen LogP contribution in [0.2, 0.25) is 0 Å². The Morgan fingerprint density at radius 1 is 1.12 bits per heavy atom. The summed E-state index contributed by atoms with van der Waals surface area (Å²) in [6, 6.07) is 10.1. The van der Waals surface area contributed by atoms with Crippen LogP contribution in [0.25, 0.3) is 6.08 Å². The molecule has 32 heavy (non-hydrogen) atoms. The minimum absolute atomic E-state index is 0.0636. The Kier molecular flexibility index (Phi) is 6.35. The van der Waals surface area contributed by atoms with Gasteiger partial charge >= 0.3 is 0 Å². The van der Waals surface area contributed by atoms with Crippen LogP contribution in [0.3, 0.4) is 0 Å². The number of aryl methyl sites for hydroxylation is 3. The molecule has 1 amide bonds. The normalized spacial score (nSPS) is 14.8. The number of likely N-dealkylation sites (tertiary alicyclic amines) is 1. The number of amides is 1. The molecule has 7 nitrogen and oxygen atoms in total. The summed E-state index contributed by atoms with van der Waals surface area (Å²) in [5.41, 5.74) is 5.24. The highest BCUT2D eigenvalue weighted by Gasteiger charge is 2.23. The molecule has 0 radical (unpaired) electrons. The lowest BCUT2D eigenvalue weighted by Gasteiger charge is -2.31. The number of rotatable bonds is 5. The van der Waals surface area contributed by atoms with Crippen molar-refractivity contribution in [3.8, 4) is 0 Å². The van der Waals surface area contributed by atoms with Gasteiger partial charge < -0.3 is 10.2 Å². The first-order valence-electron chi connectivity index (χ1n) is 11.0. The number of aromatic nitrogens is 4. The number of pyridine rings is 2. The van der Waals surface area contributed by atoms with E-state index in [1.54, 1.807) is 6.08 Å². The SMILES string of the molecule is Cc1cccc(Nc2cc(C3CCN(C(=O)/C=C/c4c(C)nn(C)c4C)CC3)ccn2)n1. The van der Waals surface area contributed by atoms with E-state index < -0.39 is 0 Å². The summed E-state index contributed by atoms with van der Waals surface area (Å²) in [4.78, 5) is 23.6. The van der Waals surface area contributed by atoms with E-state index >= 15 is 0 Å². The van der Waals surface area contributed by atoms with Crippen molar-refractivity contribution >= 4 is 23.6 Å². The summed E-state index contributed by atoms with van der Waals surface area (Å²) in [6.45, 7) is 7.46. The van der Waals surface area contributed by atoms with Gasteiger partial charge in [-0.05, 0) is 75.4 Å². The second-order valence-electron chi connectivity index (χ2n) is 8.40. The van der Waals surface area contributed by atoms with Crippen molar-refractivity contribution < 1.29 is 4.79 Å². The molecule has 0 aliphatic carbocycles. The Morgan fingerprint density at radius 2 is 1.91 bits per heavy atom. The number of nitrogens with one attached hydrogen (secondary N) is 1. The lowest BCUT2D eigenvalue weighted by Crippen LogP contribution is -2.36. The number of carbonyl (C=O) groups is 1. The van der Waals surface area contributed by atoms with Gasteiger partial charge in [-0.25, -0.2) is 9.97 Å². The highest BCUT2D eigenvalue weighted by Crippen LogP contribution is 2.29. The standard InChI is InChI=1S/C25H30N6O/c1-17-6-5-7-23(27-17)28-24-16-21(10-13-26-24)20-11-14-31(15-12-20)25(32)9-8-22-18(2)29-30(4)19(22)3/h5-10,13,16,20H,11-12,14-15H2,1-4H3,(H,26,27,28)/b9-8+. The van der Waals surface area contributed by atoms with Crippen molar-refractivity contribution in [2.75, 3.05) is 18.4 Å². The Balaban J connectivity index is 1.36. The molecule has 0 saturated carbocycles. The Bertz CT molecular complexity index is 1140. The number of hydrogen-bond acceptors (Lipinski definition) is 5. The summed E-state index contributed by atoms with van der Waals surface area (Å²) >= 11 is 0. The van der Waals surface area contributed by atoms with E-state index in [9.17, 15) is 4.79 Å². The van der Waals surface area contributed by atoms with Crippen LogP contribution in [0.15, 0.2) is 42.6 Å². The molecule has 166 valence electrons. The molecule has 1 saturated heterocycles. The van der Waals surface area contributed by atoms with Crippen LogP contribution in [0.5, 0.6) is 0 Å². The molecule has 3 aromatic heterocycles. The summed E-state index contributed by atoms with van der Waals surface area (Å²) in [5.74, 6) is 2.07. The third-order valence-corrected chi connectivity index (χ3v) is 6.16. The first-order chi connectivity index (χ1) is 15.4. The van der Waals surface area contributed by atoms with E-state index in [0.717, 1.165) is 60.2 Å². The van der Waals surface area contributed by atoms with Crippen molar-refractivity contribution in [1.29, 1.82) is 0 Å². The summed E-state index contributed by atoms with van der Waals surface area (Å²) < 4.78 is 1.85. The molecule has 1 aliphatic rings. The van der Waals surface area contributed by atoms with Crippen LogP contribution >= 0.6 is 0 Å². The maximum Gasteiger partial charge on any atom is 0.246 e. The molecule has 7 heteroatoms. The van der Waals surface area contributed by atoms with Gasteiger partial charge in [0.1, 0.15) is 11.6 Å². The maximum absolute atomic E-state index is 12.7. The second-order valence-corrected chi connectivity index (χ2v) is 8.40. The molecule has 3 aromatic rings. The largest absolute Gasteiger partial charge is 0.339 e. The highest BCUT2D eigenvalue weighted by molar-refractivity contribution is 5.92. The topological polar surface area (TPSA) is 75.9 Å². The molecule has 0 aromatic carbocycles. The van der Waals surface area contributed by atoms with Crippen molar-refractivity contribution in [1.82, 2.24) is 24.6 Å². The van der Waals surface area contributed by atoms with E-state index in [2.05, 4.69) is 32.5 Å². The molecular weight excluding hydrogens is 400 g/mol. The van der Waals surface area contributed by atoms with Crippen LogP contribution in [0.1, 0.15) is 47.0 Å². The minimum atomic E-state index is 0.0636. The summed E-state index contributed by atoms with van der Waals surface area (Å²) in [7, 11) is 1.92. The predicted octanol–water partition coefficient (Wildman–Crippen LogP) is 4.30. The fourth-order valence-electron chi connectivity index (χ4n) is 4.24. The quantitative estimate of drug-likeness (QED) is 0.611. The Labute approximate surface area is 189 Å². The molecular formula is C25H30N6O. The number of carbonyl (C=O) groups excluding carboxylic acids is 1. The molecule has 1 fully saturated rings. The molecule has 4 heterocycles. The smallest absolute Gasteiger partial charge is 0.246 e.